The zero-order chi connectivity index (χ0) is 44.5. The van der Waals surface area contributed by atoms with Crippen LogP contribution in [0, 0.1) is 38.5 Å². The van der Waals surface area contributed by atoms with Crippen LogP contribution in [-0.2, 0) is 33.7 Å². The molecule has 0 N–H and O–H groups in total. The van der Waals surface area contributed by atoms with E-state index in [1.165, 1.54) is 182 Å². The Morgan fingerprint density at radius 1 is 0.500 bits per heavy atom. The molecular weight excluding hydrogens is 887 g/mol. The summed E-state index contributed by atoms with van der Waals surface area (Å²) in [6.07, 6.45) is 25.1. The van der Waals surface area contributed by atoms with E-state index in [-0.39, 0.29) is 0 Å². The maximum absolute atomic E-state index is 4.93. The van der Waals surface area contributed by atoms with Crippen LogP contribution in [0.2, 0.25) is 13.1 Å². The van der Waals surface area contributed by atoms with E-state index in [2.05, 4.69) is 152 Å². The molecule has 0 aliphatic heterocycles. The predicted molar refractivity (Wildman–Crippen MR) is 276 cm³/mol. The molecule has 2 saturated carbocycles. The van der Waals surface area contributed by atoms with Crippen molar-refractivity contribution in [1.29, 1.82) is 0 Å². The van der Waals surface area contributed by atoms with E-state index in [0.29, 0.717) is 10.8 Å². The summed E-state index contributed by atoms with van der Waals surface area (Å²) in [6, 6.07) is 37.4. The molecule has 62 heavy (non-hydrogen) atoms. The van der Waals surface area contributed by atoms with Crippen molar-refractivity contribution in [1.82, 2.24) is 0 Å². The Morgan fingerprint density at radius 3 is 1.11 bits per heavy atom. The Kier molecular flexibility index (Phi) is 20.9. The van der Waals surface area contributed by atoms with Gasteiger partial charge in [-0.05, 0) is 88.2 Å². The number of rotatable bonds is 8. The van der Waals surface area contributed by atoms with Crippen molar-refractivity contribution < 1.29 is 20.8 Å². The topological polar surface area (TPSA) is 0 Å². The predicted octanol–water partition coefficient (Wildman–Crippen LogP) is 19.2. The van der Waals surface area contributed by atoms with Crippen LogP contribution in [0.5, 0.6) is 0 Å². The fraction of sp³-hybridized carbons (Fsp3) is 0.483. The Balaban J connectivity index is 0.000000208. The molecule has 8 rings (SSSR count). The summed E-state index contributed by atoms with van der Waals surface area (Å²) in [6.45, 7) is 18.0. The van der Waals surface area contributed by atoms with Gasteiger partial charge in [0.05, 0.1) is 0 Å². The summed E-state index contributed by atoms with van der Waals surface area (Å²) in [4.78, 5) is 0. The third-order valence-electron chi connectivity index (χ3n) is 14.2. The second-order valence-electron chi connectivity index (χ2n) is 19.3. The van der Waals surface area contributed by atoms with E-state index in [0.717, 1.165) is 9.52 Å². The number of hydrogen-bond donors (Lipinski definition) is 0. The van der Waals surface area contributed by atoms with Crippen LogP contribution in [0.15, 0.2) is 97.1 Å². The molecule has 0 spiro atoms. The summed E-state index contributed by atoms with van der Waals surface area (Å²) in [5, 5.41) is 5.67. The Hall–Kier alpha value is -2.22. The minimum absolute atomic E-state index is 0.519. The van der Waals surface area contributed by atoms with Crippen molar-refractivity contribution in [2.24, 2.45) is 10.8 Å². The van der Waals surface area contributed by atoms with Gasteiger partial charge in [0, 0.05) is 9.52 Å². The summed E-state index contributed by atoms with van der Waals surface area (Å²) >= 11 is -0.826. The van der Waals surface area contributed by atoms with Crippen LogP contribution in [0.3, 0.4) is 0 Å². The van der Waals surface area contributed by atoms with Gasteiger partial charge in [-0.15, -0.1) is 69.1 Å². The van der Waals surface area contributed by atoms with E-state index in [1.807, 2.05) is 0 Å². The molecule has 2 radical (unpaired) electrons. The van der Waals surface area contributed by atoms with Gasteiger partial charge in [0.25, 0.3) is 0 Å². The molecule has 0 heterocycles. The Bertz CT molecular complexity index is 2040. The van der Waals surface area contributed by atoms with Gasteiger partial charge in [0.1, 0.15) is 0 Å². The van der Waals surface area contributed by atoms with E-state index in [4.69, 9.17) is 17.0 Å². The van der Waals surface area contributed by atoms with Crippen LogP contribution in [0.4, 0.5) is 0 Å². The second-order valence-corrected chi connectivity index (χ2v) is 24.0. The van der Waals surface area contributed by atoms with Crippen LogP contribution < -0.4 is 0 Å². The third-order valence-corrected chi connectivity index (χ3v) is 14.2. The van der Waals surface area contributed by atoms with E-state index < -0.39 is 20.8 Å². The standard InChI is InChI=1S/2C28H35.C2H6Si.2ClH.Zr/c2*1-4-28(13-8-6-5-7-9-14-28)20-23-18-24-11-10-12-26(27(24)19-23)25-16-21(2)15-22(3)17-25;1-3-2;;;/h2*10-12,15-19H,4-9,13-14,20H2,1-3H3;1-2H3;2*1H;/q2*-1;;;;+4/p-2. The van der Waals surface area contributed by atoms with Crippen LogP contribution in [0.1, 0.15) is 150 Å². The molecule has 2 aliphatic rings. The molecule has 2 aliphatic carbocycles. The molecule has 4 heteroatoms. The number of benzene rings is 4. The third kappa shape index (κ3) is 14.4. The van der Waals surface area contributed by atoms with E-state index >= 15 is 0 Å². The molecule has 2 fully saturated rings. The number of halogens is 2. The average molecular weight is 963 g/mol. The molecule has 0 atom stereocenters. The molecule has 0 unspecified atom stereocenters. The summed E-state index contributed by atoms with van der Waals surface area (Å²) in [5.74, 6) is 0. The molecule has 0 aromatic heterocycles. The van der Waals surface area contributed by atoms with Crippen molar-refractivity contribution in [2.45, 2.75) is 170 Å². The summed E-state index contributed by atoms with van der Waals surface area (Å²) < 4.78 is 0. The first-order chi connectivity index (χ1) is 30.0. The van der Waals surface area contributed by atoms with Crippen molar-refractivity contribution in [3.8, 4) is 22.3 Å². The summed E-state index contributed by atoms with van der Waals surface area (Å²) in [5.41, 5.74) is 15.0. The van der Waals surface area contributed by atoms with E-state index in [9.17, 15) is 0 Å². The number of aryl methyl sites for hydroxylation is 4. The van der Waals surface area contributed by atoms with Crippen molar-refractivity contribution in [3.05, 3.63) is 130 Å². The average Bonchev–Trinajstić information content (AvgIpc) is 3.83. The number of fused-ring (bicyclic) bond motifs is 2. The zero-order valence-electron chi connectivity index (χ0n) is 39.7. The van der Waals surface area contributed by atoms with Gasteiger partial charge in [-0.3, -0.25) is 0 Å². The quantitative estimate of drug-likeness (QED) is 0.105. The molecule has 0 amide bonds. The Labute approximate surface area is 399 Å². The van der Waals surface area contributed by atoms with E-state index in [1.54, 1.807) is 11.1 Å². The van der Waals surface area contributed by atoms with Crippen molar-refractivity contribution >= 4 is 48.1 Å². The van der Waals surface area contributed by atoms with Gasteiger partial charge in [-0.2, -0.15) is 12.1 Å². The molecule has 0 bridgehead atoms. The monoisotopic (exact) mass is 960 g/mol. The summed E-state index contributed by atoms with van der Waals surface area (Å²) in [7, 11) is 11.0. The number of hydrogen-bond acceptors (Lipinski definition) is 0. The SMILES string of the molecule is CCC1(Cc2cc3c(-c4cc(C)cc(C)c4)cccc3[cH-]2)CCCCCCC1.CCC1(Cc2cc3c(-c4cc(C)cc(C)c4)cccc3[cH-]2)CCCCCCC1.C[Si]C.[Cl][Zr+2][Cl]. The van der Waals surface area contributed by atoms with Crippen molar-refractivity contribution in [2.75, 3.05) is 0 Å². The molecular formula is C58H76Cl2SiZr. The first-order valence-electron chi connectivity index (χ1n) is 24.1. The fourth-order valence-electron chi connectivity index (χ4n) is 11.0. The first-order valence-corrected chi connectivity index (χ1v) is 32.4. The second kappa shape index (κ2) is 25.5. The van der Waals surface area contributed by atoms with Crippen LogP contribution in [-0.4, -0.2) is 9.52 Å². The van der Waals surface area contributed by atoms with Gasteiger partial charge in [-0.1, -0.05) is 186 Å². The van der Waals surface area contributed by atoms with Crippen LogP contribution >= 0.6 is 17.0 Å². The van der Waals surface area contributed by atoms with Gasteiger partial charge in [-0.25, -0.2) is 0 Å². The molecule has 6 aromatic carbocycles. The fourth-order valence-corrected chi connectivity index (χ4v) is 11.0. The van der Waals surface area contributed by atoms with Gasteiger partial charge in [0.15, 0.2) is 0 Å². The normalized spacial score (nSPS) is 16.2. The first kappa shape index (κ1) is 50.8. The molecule has 0 nitrogen and oxygen atoms in total. The minimum atomic E-state index is -0.826. The van der Waals surface area contributed by atoms with Gasteiger partial charge >= 0.3 is 37.9 Å². The van der Waals surface area contributed by atoms with Gasteiger partial charge < -0.3 is 0 Å². The van der Waals surface area contributed by atoms with Gasteiger partial charge in [0.2, 0.25) is 0 Å². The van der Waals surface area contributed by atoms with Crippen LogP contribution in [0.25, 0.3) is 43.8 Å². The molecule has 6 aromatic rings. The maximum atomic E-state index is 4.93. The zero-order valence-corrected chi connectivity index (χ0v) is 44.7. The Morgan fingerprint density at radius 2 is 0.806 bits per heavy atom. The molecule has 330 valence electrons. The van der Waals surface area contributed by atoms with Crippen molar-refractivity contribution in [3.63, 3.8) is 0 Å². The molecule has 0 saturated heterocycles.